The summed E-state index contributed by atoms with van der Waals surface area (Å²) in [6.07, 6.45) is 4.59. The zero-order valence-electron chi connectivity index (χ0n) is 13.1. The summed E-state index contributed by atoms with van der Waals surface area (Å²) in [5, 5.41) is 6.53. The predicted molar refractivity (Wildman–Crippen MR) is 90.7 cm³/mol. The molecule has 0 unspecified atom stereocenters. The minimum Gasteiger partial charge on any atom is -0.494 e. The van der Waals surface area contributed by atoms with E-state index in [-0.39, 0.29) is 23.7 Å². The van der Waals surface area contributed by atoms with Crippen LogP contribution in [-0.2, 0) is 4.79 Å². The third-order valence-electron chi connectivity index (χ3n) is 4.91. The van der Waals surface area contributed by atoms with Crippen LogP contribution in [0.3, 0.4) is 0 Å². The van der Waals surface area contributed by atoms with Gasteiger partial charge in [0.2, 0.25) is 5.91 Å². The van der Waals surface area contributed by atoms with Crippen LogP contribution in [0.2, 0.25) is 0 Å². The van der Waals surface area contributed by atoms with Gasteiger partial charge in [0.05, 0.1) is 12.0 Å². The Morgan fingerprint density at radius 2 is 2.14 bits per heavy atom. The fraction of sp³-hybridized carbons (Fsp3) is 0.588. The number of carbonyl (C=O) groups excluding carboxylic acids is 1. The number of fused-ring (bicyclic) bond motifs is 1. The molecule has 2 aliphatic rings. The Labute approximate surface area is 138 Å². The molecule has 1 heterocycles. The second-order valence-electron chi connectivity index (χ2n) is 6.14. The quantitative estimate of drug-likeness (QED) is 0.894. The molecule has 0 radical (unpaired) electrons. The number of hydrogen-bond donors (Lipinski definition) is 2. The van der Waals surface area contributed by atoms with E-state index in [0.29, 0.717) is 12.5 Å². The van der Waals surface area contributed by atoms with E-state index in [2.05, 4.69) is 10.6 Å². The van der Waals surface area contributed by atoms with Crippen molar-refractivity contribution in [2.24, 2.45) is 11.3 Å². The number of carbonyl (C=O) groups is 1. The Morgan fingerprint density at radius 1 is 1.36 bits per heavy atom. The number of ether oxygens (including phenoxy) is 1. The molecule has 22 heavy (non-hydrogen) atoms. The fourth-order valence-corrected chi connectivity index (χ4v) is 3.75. The van der Waals surface area contributed by atoms with E-state index in [0.717, 1.165) is 37.4 Å². The highest BCUT2D eigenvalue weighted by molar-refractivity contribution is 5.96. The molecule has 1 amide bonds. The average molecular weight is 325 g/mol. The van der Waals surface area contributed by atoms with Crippen LogP contribution in [0.15, 0.2) is 24.3 Å². The van der Waals surface area contributed by atoms with Gasteiger partial charge in [0.1, 0.15) is 5.75 Å². The van der Waals surface area contributed by atoms with Crippen LogP contribution in [0.5, 0.6) is 5.75 Å². The van der Waals surface area contributed by atoms with Crippen LogP contribution in [-0.4, -0.2) is 25.6 Å². The zero-order valence-corrected chi connectivity index (χ0v) is 13.9. The molecule has 1 aliphatic carbocycles. The van der Waals surface area contributed by atoms with E-state index >= 15 is 0 Å². The maximum absolute atomic E-state index is 12.8. The lowest BCUT2D eigenvalue weighted by Gasteiger charge is -2.37. The Bertz CT molecular complexity index is 506. The van der Waals surface area contributed by atoms with Crippen molar-refractivity contribution in [3.8, 4) is 5.75 Å². The van der Waals surface area contributed by atoms with Gasteiger partial charge < -0.3 is 15.4 Å². The van der Waals surface area contributed by atoms with Gasteiger partial charge in [0, 0.05) is 12.2 Å². The molecule has 122 valence electrons. The second kappa shape index (κ2) is 7.34. The molecule has 1 aromatic carbocycles. The number of benzene rings is 1. The molecule has 1 saturated carbocycles. The molecular formula is C17H25ClN2O2. The van der Waals surface area contributed by atoms with E-state index in [1.54, 1.807) is 0 Å². The van der Waals surface area contributed by atoms with Gasteiger partial charge in [-0.25, -0.2) is 0 Å². The molecule has 2 fully saturated rings. The largest absolute Gasteiger partial charge is 0.494 e. The molecule has 2 N–H and O–H groups in total. The normalized spacial score (nSPS) is 26.7. The Hall–Kier alpha value is -1.26. The number of nitrogens with one attached hydrogen (secondary N) is 2. The Kier molecular flexibility index (Phi) is 5.70. The van der Waals surface area contributed by atoms with Crippen molar-refractivity contribution in [1.29, 1.82) is 0 Å². The van der Waals surface area contributed by atoms with Crippen LogP contribution in [0.4, 0.5) is 5.69 Å². The van der Waals surface area contributed by atoms with Crippen molar-refractivity contribution >= 4 is 24.0 Å². The smallest absolute Gasteiger partial charge is 0.232 e. The van der Waals surface area contributed by atoms with Crippen molar-refractivity contribution in [3.63, 3.8) is 0 Å². The molecule has 1 aromatic rings. The van der Waals surface area contributed by atoms with Crippen LogP contribution in [0, 0.1) is 11.3 Å². The van der Waals surface area contributed by atoms with Gasteiger partial charge in [0.25, 0.3) is 0 Å². The van der Waals surface area contributed by atoms with Gasteiger partial charge in [-0.3, -0.25) is 4.79 Å². The van der Waals surface area contributed by atoms with Gasteiger partial charge in [0.15, 0.2) is 0 Å². The van der Waals surface area contributed by atoms with Crippen LogP contribution in [0.1, 0.15) is 32.6 Å². The lowest BCUT2D eigenvalue weighted by atomic mass is 9.67. The Morgan fingerprint density at radius 3 is 2.86 bits per heavy atom. The summed E-state index contributed by atoms with van der Waals surface area (Å²) in [6, 6.07) is 7.64. The number of halogens is 1. The van der Waals surface area contributed by atoms with E-state index in [1.807, 2.05) is 31.2 Å². The highest BCUT2D eigenvalue weighted by atomic mass is 35.5. The SMILES string of the molecule is CCOc1ccc(NC(=O)[C@@]23CCCC[C@H]2CNC3)cc1.Cl. The number of hydrogen-bond acceptors (Lipinski definition) is 3. The van der Waals surface area contributed by atoms with Gasteiger partial charge >= 0.3 is 0 Å². The van der Waals surface area contributed by atoms with Crippen molar-refractivity contribution in [2.75, 3.05) is 25.0 Å². The summed E-state index contributed by atoms with van der Waals surface area (Å²) in [7, 11) is 0. The summed E-state index contributed by atoms with van der Waals surface area (Å²) in [4.78, 5) is 12.8. The topological polar surface area (TPSA) is 50.4 Å². The van der Waals surface area contributed by atoms with E-state index in [9.17, 15) is 4.79 Å². The van der Waals surface area contributed by atoms with E-state index in [1.165, 1.54) is 12.8 Å². The zero-order chi connectivity index (χ0) is 14.7. The molecule has 3 rings (SSSR count). The summed E-state index contributed by atoms with van der Waals surface area (Å²) in [5.74, 6) is 1.52. The van der Waals surface area contributed by atoms with Gasteiger partial charge in [-0.1, -0.05) is 12.8 Å². The van der Waals surface area contributed by atoms with Crippen molar-refractivity contribution < 1.29 is 9.53 Å². The van der Waals surface area contributed by atoms with Gasteiger partial charge in [-0.2, -0.15) is 0 Å². The summed E-state index contributed by atoms with van der Waals surface area (Å²) in [6.45, 7) is 4.42. The maximum Gasteiger partial charge on any atom is 0.232 e. The molecule has 5 heteroatoms. The van der Waals surface area contributed by atoms with Crippen molar-refractivity contribution in [2.45, 2.75) is 32.6 Å². The van der Waals surface area contributed by atoms with Crippen molar-refractivity contribution in [3.05, 3.63) is 24.3 Å². The van der Waals surface area contributed by atoms with E-state index < -0.39 is 0 Å². The highest BCUT2D eigenvalue weighted by Crippen LogP contribution is 2.44. The molecule has 0 aromatic heterocycles. The number of amides is 1. The van der Waals surface area contributed by atoms with Crippen molar-refractivity contribution in [1.82, 2.24) is 5.32 Å². The van der Waals surface area contributed by atoms with Crippen LogP contribution in [0.25, 0.3) is 0 Å². The lowest BCUT2D eigenvalue weighted by molar-refractivity contribution is -0.128. The average Bonchev–Trinajstić information content (AvgIpc) is 2.95. The predicted octanol–water partition coefficient (Wildman–Crippen LogP) is 3.23. The van der Waals surface area contributed by atoms with Crippen LogP contribution < -0.4 is 15.4 Å². The minimum atomic E-state index is -0.198. The standard InChI is InChI=1S/C17H24N2O2.ClH/c1-2-21-15-8-6-14(7-9-15)19-16(20)17-10-4-3-5-13(17)11-18-12-17;/h6-9,13,18H,2-5,10-12H2,1H3,(H,19,20);1H/t13-,17+;/m0./s1. The van der Waals surface area contributed by atoms with Gasteiger partial charge in [-0.15, -0.1) is 12.4 Å². The lowest BCUT2D eigenvalue weighted by Crippen LogP contribution is -2.44. The fourth-order valence-electron chi connectivity index (χ4n) is 3.75. The maximum atomic E-state index is 12.8. The molecule has 1 saturated heterocycles. The molecular weight excluding hydrogens is 300 g/mol. The first-order valence-corrected chi connectivity index (χ1v) is 7.99. The summed E-state index contributed by atoms with van der Waals surface area (Å²) >= 11 is 0. The Balaban J connectivity index is 0.00000176. The first-order valence-electron chi connectivity index (χ1n) is 7.99. The first kappa shape index (κ1) is 17.1. The molecule has 2 atom stereocenters. The van der Waals surface area contributed by atoms with E-state index in [4.69, 9.17) is 4.74 Å². The molecule has 4 nitrogen and oxygen atoms in total. The summed E-state index contributed by atoms with van der Waals surface area (Å²) < 4.78 is 5.43. The third kappa shape index (κ3) is 3.23. The number of anilines is 1. The second-order valence-corrected chi connectivity index (χ2v) is 6.14. The number of rotatable bonds is 4. The molecule has 0 spiro atoms. The van der Waals surface area contributed by atoms with Crippen LogP contribution >= 0.6 is 12.4 Å². The third-order valence-corrected chi connectivity index (χ3v) is 4.91. The monoisotopic (exact) mass is 324 g/mol. The first-order chi connectivity index (χ1) is 10.2. The summed E-state index contributed by atoms with van der Waals surface area (Å²) in [5.41, 5.74) is 0.658. The van der Waals surface area contributed by atoms with Gasteiger partial charge in [-0.05, 0) is 56.5 Å². The molecule has 1 aliphatic heterocycles. The molecule has 0 bridgehead atoms. The minimum absolute atomic E-state index is 0. The highest BCUT2D eigenvalue weighted by Gasteiger charge is 2.49.